The van der Waals surface area contributed by atoms with Gasteiger partial charge in [0.05, 0.1) is 6.61 Å². The summed E-state index contributed by atoms with van der Waals surface area (Å²) in [5.41, 5.74) is 0. The molecule has 2 aliphatic heterocycles. The first kappa shape index (κ1) is 18.6. The highest BCUT2D eigenvalue weighted by molar-refractivity contribution is 7.93. The zero-order chi connectivity index (χ0) is 15.8. The summed E-state index contributed by atoms with van der Waals surface area (Å²) in [6.07, 6.45) is 8.81. The van der Waals surface area contributed by atoms with E-state index in [2.05, 4.69) is 23.6 Å². The summed E-state index contributed by atoms with van der Waals surface area (Å²) < 4.78 is 5.41. The van der Waals surface area contributed by atoms with Crippen LogP contribution in [0.5, 0.6) is 0 Å². The molecule has 0 saturated carbocycles. The molecule has 0 bridgehead atoms. The molecule has 0 unspecified atom stereocenters. The molecule has 2 aliphatic rings. The highest BCUT2D eigenvalue weighted by Gasteiger charge is 2.23. The molecule has 2 heterocycles. The second-order valence-electron chi connectivity index (χ2n) is 7.49. The SMILES string of the molecule is CSOCCC1CCN(CCN2CCC(C(C)C)CC2)CC1. The normalized spacial score (nSPS) is 23.5. The molecular weight excluding hydrogens is 292 g/mol. The van der Waals surface area contributed by atoms with Gasteiger partial charge in [0, 0.05) is 19.3 Å². The van der Waals surface area contributed by atoms with Gasteiger partial charge in [-0.3, -0.25) is 0 Å². The first-order chi connectivity index (χ1) is 10.7. The van der Waals surface area contributed by atoms with E-state index in [4.69, 9.17) is 4.18 Å². The van der Waals surface area contributed by atoms with Crippen LogP contribution in [0, 0.1) is 17.8 Å². The van der Waals surface area contributed by atoms with Crippen molar-refractivity contribution in [2.24, 2.45) is 17.8 Å². The molecule has 0 spiro atoms. The third-order valence-electron chi connectivity index (χ3n) is 5.74. The minimum absolute atomic E-state index is 0.872. The van der Waals surface area contributed by atoms with Gasteiger partial charge in [0.25, 0.3) is 0 Å². The van der Waals surface area contributed by atoms with Crippen molar-refractivity contribution in [1.82, 2.24) is 9.80 Å². The van der Waals surface area contributed by atoms with Gasteiger partial charge in [0.2, 0.25) is 0 Å². The number of hydrogen-bond acceptors (Lipinski definition) is 4. The number of likely N-dealkylation sites (tertiary alicyclic amines) is 2. The first-order valence-electron chi connectivity index (χ1n) is 9.29. The summed E-state index contributed by atoms with van der Waals surface area (Å²) in [5.74, 6) is 2.73. The van der Waals surface area contributed by atoms with Crippen LogP contribution in [0.1, 0.15) is 46.0 Å². The summed E-state index contributed by atoms with van der Waals surface area (Å²) in [6.45, 7) is 13.5. The van der Waals surface area contributed by atoms with Gasteiger partial charge in [-0.25, -0.2) is 0 Å². The van der Waals surface area contributed by atoms with Crippen molar-refractivity contribution in [2.75, 3.05) is 52.1 Å². The molecular formula is C18H36N2OS. The Hall–Kier alpha value is 0.230. The first-order valence-corrected chi connectivity index (χ1v) is 10.4. The van der Waals surface area contributed by atoms with Gasteiger partial charge in [0.15, 0.2) is 0 Å². The summed E-state index contributed by atoms with van der Waals surface area (Å²) in [6, 6.07) is 0. The summed E-state index contributed by atoms with van der Waals surface area (Å²) in [5, 5.41) is 0. The average molecular weight is 329 g/mol. The number of nitrogens with zero attached hydrogens (tertiary/aromatic N) is 2. The zero-order valence-electron chi connectivity index (χ0n) is 14.9. The van der Waals surface area contributed by atoms with Crippen LogP contribution in [0.3, 0.4) is 0 Å². The van der Waals surface area contributed by atoms with Crippen molar-refractivity contribution < 1.29 is 4.18 Å². The van der Waals surface area contributed by atoms with E-state index in [9.17, 15) is 0 Å². The largest absolute Gasteiger partial charge is 0.316 e. The summed E-state index contributed by atoms with van der Waals surface area (Å²) in [4.78, 5) is 5.37. The van der Waals surface area contributed by atoms with E-state index in [0.29, 0.717) is 0 Å². The molecule has 0 radical (unpaired) electrons. The lowest BCUT2D eigenvalue weighted by atomic mass is 9.87. The molecule has 2 saturated heterocycles. The molecule has 0 N–H and O–H groups in total. The average Bonchev–Trinajstić information content (AvgIpc) is 2.55. The fraction of sp³-hybridized carbons (Fsp3) is 1.00. The van der Waals surface area contributed by atoms with E-state index in [-0.39, 0.29) is 0 Å². The second-order valence-corrected chi connectivity index (χ2v) is 8.05. The quantitative estimate of drug-likeness (QED) is 0.498. The molecule has 0 aromatic rings. The van der Waals surface area contributed by atoms with Crippen LogP contribution in [0.4, 0.5) is 0 Å². The Labute approximate surface area is 142 Å². The van der Waals surface area contributed by atoms with Gasteiger partial charge in [-0.2, -0.15) is 0 Å². The van der Waals surface area contributed by atoms with Crippen LogP contribution >= 0.6 is 12.0 Å². The number of hydrogen-bond donors (Lipinski definition) is 0. The lowest BCUT2D eigenvalue weighted by molar-refractivity contribution is 0.118. The highest BCUT2D eigenvalue weighted by Crippen LogP contribution is 2.25. The van der Waals surface area contributed by atoms with Crippen molar-refractivity contribution in [3.8, 4) is 0 Å². The van der Waals surface area contributed by atoms with E-state index < -0.39 is 0 Å². The Morgan fingerprint density at radius 1 is 0.955 bits per heavy atom. The molecule has 3 nitrogen and oxygen atoms in total. The highest BCUT2D eigenvalue weighted by atomic mass is 32.2. The van der Waals surface area contributed by atoms with Gasteiger partial charge in [-0.05, 0) is 88.1 Å². The van der Waals surface area contributed by atoms with E-state index in [0.717, 1.165) is 24.4 Å². The van der Waals surface area contributed by atoms with Crippen molar-refractivity contribution in [2.45, 2.75) is 46.0 Å². The summed E-state index contributed by atoms with van der Waals surface area (Å²) in [7, 11) is 0. The van der Waals surface area contributed by atoms with E-state index in [1.54, 1.807) is 0 Å². The smallest absolute Gasteiger partial charge is 0.0616 e. The maximum Gasteiger partial charge on any atom is 0.0616 e. The van der Waals surface area contributed by atoms with Crippen LogP contribution in [0.15, 0.2) is 0 Å². The summed E-state index contributed by atoms with van der Waals surface area (Å²) >= 11 is 1.50. The third-order valence-corrected chi connectivity index (χ3v) is 6.14. The van der Waals surface area contributed by atoms with E-state index in [1.807, 2.05) is 6.26 Å². The van der Waals surface area contributed by atoms with Crippen molar-refractivity contribution >= 4 is 12.0 Å². The number of rotatable bonds is 8. The molecule has 130 valence electrons. The third kappa shape index (κ3) is 6.38. The minimum Gasteiger partial charge on any atom is -0.316 e. The van der Waals surface area contributed by atoms with Crippen LogP contribution in [-0.4, -0.2) is 61.9 Å². The molecule has 0 amide bonds. The van der Waals surface area contributed by atoms with Crippen LogP contribution < -0.4 is 0 Å². The predicted molar refractivity (Wildman–Crippen MR) is 97.3 cm³/mol. The molecule has 4 heteroatoms. The maximum atomic E-state index is 5.41. The van der Waals surface area contributed by atoms with Gasteiger partial charge < -0.3 is 14.0 Å². The molecule has 22 heavy (non-hydrogen) atoms. The predicted octanol–water partition coefficient (Wildman–Crippen LogP) is 3.75. The lowest BCUT2D eigenvalue weighted by Gasteiger charge is -2.37. The van der Waals surface area contributed by atoms with E-state index in [1.165, 1.54) is 83.4 Å². The van der Waals surface area contributed by atoms with Gasteiger partial charge in [0.1, 0.15) is 0 Å². The zero-order valence-corrected chi connectivity index (χ0v) is 15.7. The van der Waals surface area contributed by atoms with Crippen LogP contribution in [0.25, 0.3) is 0 Å². The van der Waals surface area contributed by atoms with Crippen molar-refractivity contribution in [3.63, 3.8) is 0 Å². The van der Waals surface area contributed by atoms with Crippen molar-refractivity contribution in [3.05, 3.63) is 0 Å². The standard InChI is InChI=1S/C18H36N2OS/c1-16(2)18-6-11-20(12-7-18)14-13-19-9-4-17(5-10-19)8-15-21-22-3/h16-18H,4-15H2,1-3H3. The minimum atomic E-state index is 0.872. The van der Waals surface area contributed by atoms with Gasteiger partial charge >= 0.3 is 0 Å². The Kier molecular flexibility index (Phi) is 8.58. The maximum absolute atomic E-state index is 5.41. The van der Waals surface area contributed by atoms with Crippen molar-refractivity contribution in [1.29, 1.82) is 0 Å². The number of piperidine rings is 2. The molecule has 2 rings (SSSR count). The molecule has 0 aromatic heterocycles. The molecule has 0 aromatic carbocycles. The van der Waals surface area contributed by atoms with Gasteiger partial charge in [-0.15, -0.1) is 0 Å². The fourth-order valence-electron chi connectivity index (χ4n) is 3.92. The molecule has 0 aliphatic carbocycles. The topological polar surface area (TPSA) is 15.7 Å². The Morgan fingerprint density at radius 3 is 2.00 bits per heavy atom. The second kappa shape index (κ2) is 10.2. The molecule has 2 fully saturated rings. The lowest BCUT2D eigenvalue weighted by Crippen LogP contribution is -2.42. The Morgan fingerprint density at radius 2 is 1.50 bits per heavy atom. The monoisotopic (exact) mass is 328 g/mol. The fourth-order valence-corrected chi connectivity index (χ4v) is 4.19. The Bertz CT molecular complexity index is 285. The van der Waals surface area contributed by atoms with Crippen LogP contribution in [0.2, 0.25) is 0 Å². The van der Waals surface area contributed by atoms with E-state index >= 15 is 0 Å². The molecule has 0 atom stereocenters. The van der Waals surface area contributed by atoms with Crippen LogP contribution in [-0.2, 0) is 4.18 Å². The Balaban J connectivity index is 1.54. The van der Waals surface area contributed by atoms with Gasteiger partial charge in [-0.1, -0.05) is 13.8 Å².